The highest BCUT2D eigenvalue weighted by Gasteiger charge is 2.10. The predicted octanol–water partition coefficient (Wildman–Crippen LogP) is 5.77. The van der Waals surface area contributed by atoms with Gasteiger partial charge in [-0.05, 0) is 58.1 Å². The van der Waals surface area contributed by atoms with Gasteiger partial charge in [-0.1, -0.05) is 45.4 Å². The highest BCUT2D eigenvalue weighted by atomic mass is 79.9. The fourth-order valence-electron chi connectivity index (χ4n) is 2.35. The van der Waals surface area contributed by atoms with Crippen molar-refractivity contribution in [2.75, 3.05) is 18.5 Å². The molecule has 4 nitrogen and oxygen atoms in total. The molecule has 1 amide bonds. The number of benzene rings is 2. The third kappa shape index (κ3) is 6.06. The zero-order valence-corrected chi connectivity index (χ0v) is 17.1. The number of para-hydroxylation sites is 2. The van der Waals surface area contributed by atoms with E-state index in [1.165, 1.54) is 5.56 Å². The average molecular weight is 420 g/mol. The minimum absolute atomic E-state index is 0.0665. The van der Waals surface area contributed by atoms with Gasteiger partial charge in [0.25, 0.3) is 5.91 Å². The van der Waals surface area contributed by atoms with Crippen LogP contribution >= 0.6 is 15.9 Å². The lowest BCUT2D eigenvalue weighted by molar-refractivity contribution is -0.118. The molecule has 0 aliphatic heterocycles. The van der Waals surface area contributed by atoms with E-state index in [9.17, 15) is 4.79 Å². The van der Waals surface area contributed by atoms with Gasteiger partial charge in [0.15, 0.2) is 6.61 Å². The molecule has 0 radical (unpaired) electrons. The second kappa shape index (κ2) is 10.2. The number of anilines is 1. The molecular weight excluding hydrogens is 394 g/mol. The number of hydrogen-bond acceptors (Lipinski definition) is 3. The molecule has 0 spiro atoms. The first-order valence-electron chi connectivity index (χ1n) is 8.95. The van der Waals surface area contributed by atoms with Crippen LogP contribution < -0.4 is 14.8 Å². The summed E-state index contributed by atoms with van der Waals surface area (Å²) in [5, 5.41) is 2.85. The number of nitrogens with one attached hydrogen (secondary N) is 1. The molecule has 5 heteroatoms. The number of amides is 1. The van der Waals surface area contributed by atoms with E-state index in [0.29, 0.717) is 29.7 Å². The molecule has 2 aromatic rings. The first kappa shape index (κ1) is 20.3. The topological polar surface area (TPSA) is 47.6 Å². The third-order valence-electron chi connectivity index (χ3n) is 3.90. The van der Waals surface area contributed by atoms with Crippen LogP contribution in [0.25, 0.3) is 0 Å². The van der Waals surface area contributed by atoms with Gasteiger partial charge in [-0.2, -0.15) is 0 Å². The SMILES string of the molecule is CCCCOc1ccccc1NC(=O)COc1ccc(C(C)C)cc1Br. The summed E-state index contributed by atoms with van der Waals surface area (Å²) < 4.78 is 12.2. The van der Waals surface area contributed by atoms with Crippen LogP contribution in [0, 0.1) is 0 Å². The van der Waals surface area contributed by atoms with Gasteiger partial charge in [-0.3, -0.25) is 4.79 Å². The number of halogens is 1. The maximum absolute atomic E-state index is 12.2. The second-order valence-corrected chi connectivity index (χ2v) is 7.23. The Labute approximate surface area is 164 Å². The summed E-state index contributed by atoms with van der Waals surface area (Å²) in [5.41, 5.74) is 1.87. The number of carbonyl (C=O) groups excluding carboxylic acids is 1. The Morgan fingerprint density at radius 2 is 1.88 bits per heavy atom. The van der Waals surface area contributed by atoms with Crippen molar-refractivity contribution < 1.29 is 14.3 Å². The molecule has 0 saturated heterocycles. The smallest absolute Gasteiger partial charge is 0.262 e. The second-order valence-electron chi connectivity index (χ2n) is 6.38. The number of unbranched alkanes of at least 4 members (excludes halogenated alkanes) is 1. The van der Waals surface area contributed by atoms with Gasteiger partial charge in [-0.25, -0.2) is 0 Å². The lowest BCUT2D eigenvalue weighted by atomic mass is 10.0. The van der Waals surface area contributed by atoms with E-state index >= 15 is 0 Å². The molecule has 0 aliphatic rings. The zero-order chi connectivity index (χ0) is 18.9. The highest BCUT2D eigenvalue weighted by Crippen LogP contribution is 2.29. The van der Waals surface area contributed by atoms with E-state index in [2.05, 4.69) is 42.0 Å². The molecule has 1 N–H and O–H groups in total. The Hall–Kier alpha value is -2.01. The molecule has 0 saturated carbocycles. The Morgan fingerprint density at radius 3 is 2.58 bits per heavy atom. The largest absolute Gasteiger partial charge is 0.491 e. The minimum Gasteiger partial charge on any atom is -0.491 e. The van der Waals surface area contributed by atoms with Gasteiger partial charge in [0.1, 0.15) is 11.5 Å². The zero-order valence-electron chi connectivity index (χ0n) is 15.5. The van der Waals surface area contributed by atoms with Crippen LogP contribution in [0.5, 0.6) is 11.5 Å². The molecule has 0 aromatic heterocycles. The first-order valence-corrected chi connectivity index (χ1v) is 9.74. The molecule has 0 fully saturated rings. The Morgan fingerprint density at radius 1 is 1.12 bits per heavy atom. The van der Waals surface area contributed by atoms with Crippen molar-refractivity contribution in [1.29, 1.82) is 0 Å². The standard InChI is InChI=1S/C21H26BrNO3/c1-4-5-12-25-20-9-7-6-8-18(20)23-21(24)14-26-19-11-10-16(15(2)3)13-17(19)22/h6-11,13,15H,4-5,12,14H2,1-3H3,(H,23,24). The molecule has 0 atom stereocenters. The highest BCUT2D eigenvalue weighted by molar-refractivity contribution is 9.10. The van der Waals surface area contributed by atoms with Gasteiger partial charge in [-0.15, -0.1) is 0 Å². The van der Waals surface area contributed by atoms with Crippen molar-refractivity contribution in [3.05, 3.63) is 52.5 Å². The van der Waals surface area contributed by atoms with E-state index in [4.69, 9.17) is 9.47 Å². The summed E-state index contributed by atoms with van der Waals surface area (Å²) in [6.07, 6.45) is 2.04. The monoisotopic (exact) mass is 419 g/mol. The van der Waals surface area contributed by atoms with Gasteiger partial charge in [0, 0.05) is 0 Å². The summed E-state index contributed by atoms with van der Waals surface area (Å²) in [5.74, 6) is 1.54. The average Bonchev–Trinajstić information content (AvgIpc) is 2.62. The van der Waals surface area contributed by atoms with Gasteiger partial charge >= 0.3 is 0 Å². The normalized spacial score (nSPS) is 10.7. The maximum atomic E-state index is 12.2. The molecule has 26 heavy (non-hydrogen) atoms. The summed E-state index contributed by atoms with van der Waals surface area (Å²) in [7, 11) is 0. The van der Waals surface area contributed by atoms with E-state index in [0.717, 1.165) is 17.3 Å². The van der Waals surface area contributed by atoms with Crippen molar-refractivity contribution >= 4 is 27.5 Å². The van der Waals surface area contributed by atoms with Gasteiger partial charge < -0.3 is 14.8 Å². The fourth-order valence-corrected chi connectivity index (χ4v) is 2.86. The number of carbonyl (C=O) groups is 1. The first-order chi connectivity index (χ1) is 12.5. The Kier molecular flexibility index (Phi) is 7.98. The summed E-state index contributed by atoms with van der Waals surface area (Å²) in [6.45, 7) is 6.95. The van der Waals surface area contributed by atoms with Crippen LogP contribution in [-0.4, -0.2) is 19.1 Å². The number of ether oxygens (including phenoxy) is 2. The van der Waals surface area contributed by atoms with Crippen molar-refractivity contribution in [2.45, 2.75) is 39.5 Å². The summed E-state index contributed by atoms with van der Waals surface area (Å²) >= 11 is 3.50. The molecule has 2 aromatic carbocycles. The van der Waals surface area contributed by atoms with Crippen LogP contribution in [0.15, 0.2) is 46.9 Å². The van der Waals surface area contributed by atoms with Crippen molar-refractivity contribution in [2.24, 2.45) is 0 Å². The number of rotatable bonds is 9. The molecule has 0 aliphatic carbocycles. The van der Waals surface area contributed by atoms with Crippen molar-refractivity contribution in [3.63, 3.8) is 0 Å². The Bertz CT molecular complexity index is 731. The minimum atomic E-state index is -0.226. The molecule has 0 heterocycles. The summed E-state index contributed by atoms with van der Waals surface area (Å²) in [4.78, 5) is 12.2. The fraction of sp³-hybridized carbons (Fsp3) is 0.381. The molecule has 0 bridgehead atoms. The van der Waals surface area contributed by atoms with Crippen molar-refractivity contribution in [1.82, 2.24) is 0 Å². The van der Waals surface area contributed by atoms with Crippen LogP contribution in [0.1, 0.15) is 45.1 Å². The molecule has 0 unspecified atom stereocenters. The van der Waals surface area contributed by atoms with Crippen LogP contribution in [0.3, 0.4) is 0 Å². The van der Waals surface area contributed by atoms with Crippen LogP contribution in [-0.2, 0) is 4.79 Å². The third-order valence-corrected chi connectivity index (χ3v) is 4.52. The van der Waals surface area contributed by atoms with Gasteiger partial charge in [0.05, 0.1) is 16.8 Å². The van der Waals surface area contributed by atoms with Crippen LogP contribution in [0.2, 0.25) is 0 Å². The predicted molar refractivity (Wildman–Crippen MR) is 109 cm³/mol. The molecule has 140 valence electrons. The van der Waals surface area contributed by atoms with E-state index < -0.39 is 0 Å². The quantitative estimate of drug-likeness (QED) is 0.524. The summed E-state index contributed by atoms with van der Waals surface area (Å²) in [6, 6.07) is 13.4. The van der Waals surface area contributed by atoms with E-state index in [1.54, 1.807) is 0 Å². The van der Waals surface area contributed by atoms with E-state index in [1.807, 2.05) is 42.5 Å². The lowest BCUT2D eigenvalue weighted by Gasteiger charge is -2.14. The van der Waals surface area contributed by atoms with Crippen molar-refractivity contribution in [3.8, 4) is 11.5 Å². The molecule has 2 rings (SSSR count). The van der Waals surface area contributed by atoms with E-state index in [-0.39, 0.29) is 12.5 Å². The lowest BCUT2D eigenvalue weighted by Crippen LogP contribution is -2.20. The van der Waals surface area contributed by atoms with Crippen LogP contribution in [0.4, 0.5) is 5.69 Å². The number of hydrogen-bond donors (Lipinski definition) is 1. The maximum Gasteiger partial charge on any atom is 0.262 e. The van der Waals surface area contributed by atoms with Gasteiger partial charge in [0.2, 0.25) is 0 Å². The molecular formula is C21H26BrNO3. The Balaban J connectivity index is 1.93.